The fourth-order valence-electron chi connectivity index (χ4n) is 2.92. The second kappa shape index (κ2) is 30.1. The van der Waals surface area contributed by atoms with E-state index < -0.39 is 100 Å². The minimum Gasteiger partial charge on any atom is -1.00 e. The summed E-state index contributed by atoms with van der Waals surface area (Å²) in [4.78, 5) is 87.8. The molecule has 0 unspecified atom stereocenters. The molecule has 0 aromatic heterocycles. The molecule has 0 radical (unpaired) electrons. The Morgan fingerprint density at radius 2 is 0.512 bits per heavy atom. The maximum Gasteiger partial charge on any atom is 2.00 e. The van der Waals surface area contributed by atoms with Crippen LogP contribution in [0.15, 0.2) is 0 Å². The van der Waals surface area contributed by atoms with E-state index in [1.165, 1.54) is 0 Å². The minimum atomic E-state index is -1.53. The first kappa shape index (κ1) is 51.9. The largest absolute Gasteiger partial charge is 2.00 e. The summed E-state index contributed by atoms with van der Waals surface area (Å²) >= 11 is 0. The van der Waals surface area contributed by atoms with E-state index in [0.717, 1.165) is 19.6 Å². The van der Waals surface area contributed by atoms with Crippen molar-refractivity contribution in [3.05, 3.63) is 0 Å². The molecule has 43 heavy (non-hydrogen) atoms. The number of hydrogen-bond acceptors (Lipinski definition) is 16. The third kappa shape index (κ3) is 37.5. The predicted molar refractivity (Wildman–Crippen MR) is 136 cm³/mol. The van der Waals surface area contributed by atoms with Gasteiger partial charge in [-0.05, 0) is 0 Å². The summed E-state index contributed by atoms with van der Waals surface area (Å²) in [6, 6.07) is 0. The third-order valence-electron chi connectivity index (χ3n) is 4.31. The number of hydrogen-bond donors (Lipinski definition) is 4. The summed E-state index contributed by atoms with van der Waals surface area (Å²) in [5.74, 6) is -11.0. The molecular weight excluding hydrogens is 672 g/mol. The van der Waals surface area contributed by atoms with Gasteiger partial charge in [0.05, 0.1) is 50.1 Å². The third-order valence-corrected chi connectivity index (χ3v) is 4.31. The molecule has 232 valence electrons. The number of carboxylic acids is 8. The van der Waals surface area contributed by atoms with Crippen LogP contribution in [0.1, 0.15) is 2.85 Å². The van der Waals surface area contributed by atoms with Crippen molar-refractivity contribution >= 4 is 161 Å². The Hall–Kier alpha value is -0.621. The van der Waals surface area contributed by atoms with Crippen molar-refractivity contribution in [1.29, 1.82) is 0 Å². The molecule has 0 amide bonds. The van der Waals surface area contributed by atoms with Gasteiger partial charge in [-0.2, -0.15) is 0 Å². The number of nitrogens with zero attached hydrogens (tertiary/aromatic N) is 4. The first-order chi connectivity index (χ1) is 18.4. The van der Waals surface area contributed by atoms with Crippen LogP contribution in [0.4, 0.5) is 0 Å². The van der Waals surface area contributed by atoms with Gasteiger partial charge in [0, 0.05) is 52.4 Å². The number of carbonyl (C=O) groups excluding carboxylic acids is 4. The van der Waals surface area contributed by atoms with Gasteiger partial charge >= 0.3 is 137 Å². The molecule has 0 bridgehead atoms. The van der Waals surface area contributed by atoms with Gasteiger partial charge in [0.25, 0.3) is 0 Å². The van der Waals surface area contributed by atoms with E-state index in [-0.39, 0.29) is 142 Å². The van der Waals surface area contributed by atoms with Crippen molar-refractivity contribution in [2.24, 2.45) is 0 Å². The monoisotopic (exact) mass is 702 g/mol. The van der Waals surface area contributed by atoms with Gasteiger partial charge in [0.1, 0.15) is 0 Å². The Morgan fingerprint density at radius 1 is 0.372 bits per heavy atom. The van der Waals surface area contributed by atoms with Gasteiger partial charge in [0.15, 0.2) is 0 Å². The summed E-state index contributed by atoms with van der Waals surface area (Å²) in [5, 5.41) is 76.1. The summed E-state index contributed by atoms with van der Waals surface area (Å²) in [6.07, 6.45) is 0. The van der Waals surface area contributed by atoms with Crippen LogP contribution in [0.3, 0.4) is 0 Å². The molecule has 23 heteroatoms. The summed E-state index contributed by atoms with van der Waals surface area (Å²) < 4.78 is 0. The SMILES string of the molecule is O=C(O)CN(CCN(CC(=O)O)CC(=O)O)CC(=O)O.O=C([O-])CN(CCN(CC(=O)[O-])CC(=O)[O-])CC(=O)[O-].[Ca+2].[Ca+2].[Ca+2].[H-].[H-]. The molecule has 0 fully saturated rings. The van der Waals surface area contributed by atoms with Crippen molar-refractivity contribution < 1.29 is 82.1 Å². The van der Waals surface area contributed by atoms with E-state index >= 15 is 0 Å². The first-order valence-electron chi connectivity index (χ1n) is 11.0. The van der Waals surface area contributed by atoms with Crippen LogP contribution in [-0.2, 0) is 38.4 Å². The topological polar surface area (TPSA) is 323 Å². The predicted octanol–water partition coefficient (Wildman–Crippen LogP) is -10.4. The standard InChI is InChI=1S/2C10H16N2O8.3Ca.2H/c2*13-7(14)3-11(4-8(15)16)1-2-12(5-9(17)18)6-10(19)20;;;;;/h2*1-6H2,(H,13,14)(H,15,16)(H,17,18)(H,19,20);;;;;/q;;3*+2;2*-1/p-4. The van der Waals surface area contributed by atoms with Crippen LogP contribution in [0.2, 0.25) is 0 Å². The van der Waals surface area contributed by atoms with Gasteiger partial charge in [-0.3, -0.25) is 38.8 Å². The van der Waals surface area contributed by atoms with Gasteiger partial charge in [-0.1, -0.05) is 0 Å². The molecule has 0 atom stereocenters. The maximum atomic E-state index is 10.6. The molecule has 0 aliphatic heterocycles. The summed E-state index contributed by atoms with van der Waals surface area (Å²) in [5.41, 5.74) is 0. The average molecular weight is 703 g/mol. The molecule has 0 aliphatic rings. The summed E-state index contributed by atoms with van der Waals surface area (Å²) in [7, 11) is 0. The number of carbonyl (C=O) groups is 8. The zero-order chi connectivity index (χ0) is 31.4. The van der Waals surface area contributed by atoms with Crippen molar-refractivity contribution in [2.45, 2.75) is 0 Å². The van der Waals surface area contributed by atoms with Crippen molar-refractivity contribution in [3.63, 3.8) is 0 Å². The Labute approximate surface area is 337 Å². The molecule has 4 N–H and O–H groups in total. The first-order valence-corrected chi connectivity index (χ1v) is 11.0. The Bertz CT molecular complexity index is 730. The van der Waals surface area contributed by atoms with Crippen LogP contribution >= 0.6 is 0 Å². The minimum absolute atomic E-state index is 0. The summed E-state index contributed by atoms with van der Waals surface area (Å²) in [6.45, 7) is -5.50. The van der Waals surface area contributed by atoms with Crippen LogP contribution < -0.4 is 20.4 Å². The zero-order valence-corrected chi connectivity index (χ0v) is 29.7. The fraction of sp³-hybridized carbons (Fsp3) is 0.600. The Morgan fingerprint density at radius 3 is 0.628 bits per heavy atom. The molecule has 0 heterocycles. The van der Waals surface area contributed by atoms with E-state index in [1.807, 2.05) is 0 Å². The second-order valence-corrected chi connectivity index (χ2v) is 7.91. The van der Waals surface area contributed by atoms with Crippen LogP contribution in [0.25, 0.3) is 0 Å². The van der Waals surface area contributed by atoms with Crippen molar-refractivity contribution in [2.75, 3.05) is 78.5 Å². The smallest absolute Gasteiger partial charge is 1.00 e. The molecule has 0 saturated heterocycles. The van der Waals surface area contributed by atoms with Crippen LogP contribution in [0, 0.1) is 0 Å². The van der Waals surface area contributed by atoms with E-state index in [9.17, 15) is 58.8 Å². The van der Waals surface area contributed by atoms with Crippen molar-refractivity contribution in [3.8, 4) is 0 Å². The molecule has 0 aromatic rings. The van der Waals surface area contributed by atoms with Crippen LogP contribution in [-0.4, -0.2) is 280 Å². The van der Waals surface area contributed by atoms with Gasteiger partial charge in [-0.15, -0.1) is 0 Å². The second-order valence-electron chi connectivity index (χ2n) is 7.91. The zero-order valence-electron chi connectivity index (χ0n) is 25.1. The molecule has 0 spiro atoms. The Balaban J connectivity index is -0.000000116. The Kier molecular flexibility index (Phi) is 36.3. The number of aliphatic carboxylic acids is 8. The number of rotatable bonds is 22. The molecule has 0 aliphatic carbocycles. The van der Waals surface area contributed by atoms with Crippen molar-refractivity contribution in [1.82, 2.24) is 19.6 Å². The quantitative estimate of drug-likeness (QED) is 0.0761. The maximum absolute atomic E-state index is 10.6. The molecule has 0 saturated carbocycles. The van der Waals surface area contributed by atoms with E-state index in [1.54, 1.807) is 0 Å². The van der Waals surface area contributed by atoms with Gasteiger partial charge < -0.3 is 62.9 Å². The van der Waals surface area contributed by atoms with Gasteiger partial charge in [0.2, 0.25) is 0 Å². The molecule has 20 nitrogen and oxygen atoms in total. The number of carboxylic acid groups (broad SMARTS) is 8. The van der Waals surface area contributed by atoms with Gasteiger partial charge in [-0.25, -0.2) is 0 Å². The molecule has 0 rings (SSSR count). The average Bonchev–Trinajstić information content (AvgIpc) is 2.72. The van der Waals surface area contributed by atoms with Crippen LogP contribution in [0.5, 0.6) is 0 Å². The van der Waals surface area contributed by atoms with E-state index in [4.69, 9.17) is 20.4 Å². The normalized spacial score (nSPS) is 9.95. The van der Waals surface area contributed by atoms with E-state index in [2.05, 4.69) is 0 Å². The molecule has 0 aromatic carbocycles. The fourth-order valence-corrected chi connectivity index (χ4v) is 2.92. The molecular formula is C20H30Ca3N4O16. The van der Waals surface area contributed by atoms with E-state index in [0.29, 0.717) is 0 Å².